The summed E-state index contributed by atoms with van der Waals surface area (Å²) in [6.45, 7) is 1.11. The van der Waals surface area contributed by atoms with E-state index in [4.69, 9.17) is 5.11 Å². The van der Waals surface area contributed by atoms with Crippen molar-refractivity contribution >= 4 is 0 Å². The van der Waals surface area contributed by atoms with Crippen molar-refractivity contribution in [2.45, 2.75) is 31.7 Å². The summed E-state index contributed by atoms with van der Waals surface area (Å²) in [7, 11) is 0. The Labute approximate surface area is 95.5 Å². The molecule has 0 spiro atoms. The van der Waals surface area contributed by atoms with E-state index in [9.17, 15) is 4.39 Å². The van der Waals surface area contributed by atoms with Gasteiger partial charge in [0, 0.05) is 12.6 Å². The first-order chi connectivity index (χ1) is 7.81. The normalized spacial score (nSPS) is 20.2. The van der Waals surface area contributed by atoms with Crippen molar-refractivity contribution in [1.29, 1.82) is 0 Å². The minimum Gasteiger partial charge on any atom is -0.396 e. The zero-order chi connectivity index (χ0) is 11.4. The van der Waals surface area contributed by atoms with Crippen LogP contribution >= 0.6 is 0 Å². The minimum absolute atomic E-state index is 0.0779. The Kier molecular flexibility index (Phi) is 3.91. The molecule has 0 amide bonds. The first-order valence-electron chi connectivity index (χ1n) is 5.92. The van der Waals surface area contributed by atoms with Crippen molar-refractivity contribution in [3.05, 3.63) is 35.1 Å². The van der Waals surface area contributed by atoms with Crippen molar-refractivity contribution in [3.8, 4) is 0 Å². The number of hydrogen-bond donors (Lipinski definition) is 2. The Balaban J connectivity index is 2.16. The molecule has 0 radical (unpaired) electrons. The first-order valence-corrected chi connectivity index (χ1v) is 5.92. The molecular formula is C13H18FNO. The van der Waals surface area contributed by atoms with Gasteiger partial charge in [0.25, 0.3) is 0 Å². The highest BCUT2D eigenvalue weighted by molar-refractivity contribution is 5.30. The summed E-state index contributed by atoms with van der Waals surface area (Å²) < 4.78 is 13.7. The second-order valence-corrected chi connectivity index (χ2v) is 4.35. The second-order valence-electron chi connectivity index (χ2n) is 4.35. The van der Waals surface area contributed by atoms with E-state index in [2.05, 4.69) is 5.32 Å². The average Bonchev–Trinajstić information content (AvgIpc) is 2.76. The van der Waals surface area contributed by atoms with Gasteiger partial charge in [-0.2, -0.15) is 0 Å². The Morgan fingerprint density at radius 2 is 2.31 bits per heavy atom. The SMILES string of the molecule is OCCc1cccc(F)c1C[C@@H]1CCCN1. The highest BCUT2D eigenvalue weighted by Gasteiger charge is 2.18. The van der Waals surface area contributed by atoms with Crippen LogP contribution < -0.4 is 5.32 Å². The molecule has 1 heterocycles. The van der Waals surface area contributed by atoms with Crippen LogP contribution in [0.25, 0.3) is 0 Å². The van der Waals surface area contributed by atoms with Gasteiger partial charge in [0.05, 0.1) is 0 Å². The predicted molar refractivity (Wildman–Crippen MR) is 61.9 cm³/mol. The van der Waals surface area contributed by atoms with Gasteiger partial charge in [-0.1, -0.05) is 12.1 Å². The standard InChI is InChI=1S/C13H18FNO/c14-13-5-1-3-10(6-8-16)12(13)9-11-4-2-7-15-11/h1,3,5,11,15-16H,2,4,6-9H2/t11-/m0/s1. The number of nitrogens with one attached hydrogen (secondary N) is 1. The molecule has 1 aromatic carbocycles. The maximum atomic E-state index is 13.7. The fraction of sp³-hybridized carbons (Fsp3) is 0.538. The van der Waals surface area contributed by atoms with E-state index >= 15 is 0 Å². The average molecular weight is 223 g/mol. The van der Waals surface area contributed by atoms with E-state index in [1.54, 1.807) is 6.07 Å². The van der Waals surface area contributed by atoms with E-state index in [0.717, 1.165) is 30.5 Å². The van der Waals surface area contributed by atoms with E-state index in [1.807, 2.05) is 6.07 Å². The number of halogens is 1. The van der Waals surface area contributed by atoms with Crippen LogP contribution in [0.4, 0.5) is 4.39 Å². The zero-order valence-corrected chi connectivity index (χ0v) is 9.38. The molecule has 1 fully saturated rings. The third-order valence-corrected chi connectivity index (χ3v) is 3.21. The van der Waals surface area contributed by atoms with E-state index in [0.29, 0.717) is 12.5 Å². The zero-order valence-electron chi connectivity index (χ0n) is 9.38. The van der Waals surface area contributed by atoms with Gasteiger partial charge in [-0.15, -0.1) is 0 Å². The molecule has 3 heteroatoms. The monoisotopic (exact) mass is 223 g/mol. The Morgan fingerprint density at radius 3 is 3.00 bits per heavy atom. The highest BCUT2D eigenvalue weighted by Crippen LogP contribution is 2.19. The van der Waals surface area contributed by atoms with Crippen molar-refractivity contribution in [1.82, 2.24) is 5.32 Å². The fourth-order valence-corrected chi connectivity index (χ4v) is 2.36. The van der Waals surface area contributed by atoms with Gasteiger partial charge >= 0.3 is 0 Å². The molecule has 0 aromatic heterocycles. The number of aliphatic hydroxyl groups excluding tert-OH is 1. The maximum absolute atomic E-state index is 13.7. The molecule has 1 aliphatic rings. The van der Waals surface area contributed by atoms with Gasteiger partial charge in [0.15, 0.2) is 0 Å². The minimum atomic E-state index is -0.139. The summed E-state index contributed by atoms with van der Waals surface area (Å²) in [5, 5.41) is 12.3. The van der Waals surface area contributed by atoms with Crippen LogP contribution in [0.15, 0.2) is 18.2 Å². The highest BCUT2D eigenvalue weighted by atomic mass is 19.1. The topological polar surface area (TPSA) is 32.3 Å². The molecule has 2 rings (SSSR count). The van der Waals surface area contributed by atoms with Gasteiger partial charge < -0.3 is 10.4 Å². The van der Waals surface area contributed by atoms with Gasteiger partial charge in [-0.05, 0) is 49.4 Å². The predicted octanol–water partition coefficient (Wildman–Crippen LogP) is 1.66. The van der Waals surface area contributed by atoms with E-state index in [-0.39, 0.29) is 12.4 Å². The lowest BCUT2D eigenvalue weighted by Gasteiger charge is -2.14. The lowest BCUT2D eigenvalue weighted by molar-refractivity contribution is 0.299. The lowest BCUT2D eigenvalue weighted by Crippen LogP contribution is -2.24. The van der Waals surface area contributed by atoms with Crippen molar-refractivity contribution < 1.29 is 9.50 Å². The Hall–Kier alpha value is -0.930. The number of hydrogen-bond acceptors (Lipinski definition) is 2. The van der Waals surface area contributed by atoms with Crippen LogP contribution in [0.5, 0.6) is 0 Å². The van der Waals surface area contributed by atoms with Gasteiger partial charge in [0.1, 0.15) is 5.82 Å². The first kappa shape index (κ1) is 11.6. The molecule has 16 heavy (non-hydrogen) atoms. The van der Waals surface area contributed by atoms with Crippen LogP contribution in [-0.2, 0) is 12.8 Å². The van der Waals surface area contributed by atoms with Crippen molar-refractivity contribution in [2.75, 3.05) is 13.2 Å². The maximum Gasteiger partial charge on any atom is 0.126 e. The van der Waals surface area contributed by atoms with Crippen LogP contribution in [0.3, 0.4) is 0 Å². The summed E-state index contributed by atoms with van der Waals surface area (Å²) in [4.78, 5) is 0. The van der Waals surface area contributed by atoms with Gasteiger partial charge in [-0.3, -0.25) is 0 Å². The van der Waals surface area contributed by atoms with Gasteiger partial charge in [0.2, 0.25) is 0 Å². The number of rotatable bonds is 4. The summed E-state index contributed by atoms with van der Waals surface area (Å²) in [6.07, 6.45) is 3.57. The molecule has 1 atom stereocenters. The molecule has 1 saturated heterocycles. The molecule has 2 nitrogen and oxygen atoms in total. The summed E-state index contributed by atoms with van der Waals surface area (Å²) in [5.41, 5.74) is 1.71. The largest absolute Gasteiger partial charge is 0.396 e. The molecule has 88 valence electrons. The Bertz CT molecular complexity index is 348. The molecule has 0 unspecified atom stereocenters. The second kappa shape index (κ2) is 5.41. The van der Waals surface area contributed by atoms with Crippen LogP contribution in [0, 0.1) is 5.82 Å². The number of benzene rings is 1. The quantitative estimate of drug-likeness (QED) is 0.813. The van der Waals surface area contributed by atoms with Crippen LogP contribution in [0.1, 0.15) is 24.0 Å². The summed E-state index contributed by atoms with van der Waals surface area (Å²) >= 11 is 0. The third kappa shape index (κ3) is 2.60. The Morgan fingerprint density at radius 1 is 1.44 bits per heavy atom. The van der Waals surface area contributed by atoms with Crippen molar-refractivity contribution in [2.24, 2.45) is 0 Å². The van der Waals surface area contributed by atoms with Crippen LogP contribution in [0.2, 0.25) is 0 Å². The molecular weight excluding hydrogens is 205 g/mol. The summed E-state index contributed by atoms with van der Waals surface area (Å²) in [5.74, 6) is -0.139. The smallest absolute Gasteiger partial charge is 0.126 e. The third-order valence-electron chi connectivity index (χ3n) is 3.21. The molecule has 1 aliphatic heterocycles. The van der Waals surface area contributed by atoms with Crippen molar-refractivity contribution in [3.63, 3.8) is 0 Å². The number of aliphatic hydroxyl groups is 1. The van der Waals surface area contributed by atoms with Crippen LogP contribution in [-0.4, -0.2) is 24.3 Å². The molecule has 0 aliphatic carbocycles. The summed E-state index contributed by atoms with van der Waals surface area (Å²) in [6, 6.07) is 5.52. The molecule has 0 saturated carbocycles. The molecule has 0 bridgehead atoms. The van der Waals surface area contributed by atoms with Gasteiger partial charge in [-0.25, -0.2) is 4.39 Å². The lowest BCUT2D eigenvalue weighted by atomic mass is 9.97. The fourth-order valence-electron chi connectivity index (χ4n) is 2.36. The van der Waals surface area contributed by atoms with E-state index < -0.39 is 0 Å². The van der Waals surface area contributed by atoms with E-state index in [1.165, 1.54) is 12.5 Å². The molecule has 1 aromatic rings. The molecule has 2 N–H and O–H groups in total.